The number of nitrogens with zero attached hydrogens (tertiary/aromatic N) is 3. The quantitative estimate of drug-likeness (QED) is 0.782. The van der Waals surface area contributed by atoms with Crippen LogP contribution in [0.1, 0.15) is 26.2 Å². The minimum Gasteiger partial charge on any atom is -0.363 e. The third-order valence-corrected chi connectivity index (χ3v) is 3.16. The van der Waals surface area contributed by atoms with E-state index in [1.165, 1.54) is 10.9 Å². The van der Waals surface area contributed by atoms with Gasteiger partial charge in [-0.3, -0.25) is 0 Å². The number of fused-ring (bicyclic) bond motifs is 1. The second kappa shape index (κ2) is 3.07. The molecule has 6 heteroatoms. The molecule has 0 unspecified atom stereocenters. The highest BCUT2D eigenvalue weighted by molar-refractivity contribution is 5.44. The first kappa shape index (κ1) is 9.38. The number of rotatable bonds is 2. The monoisotopic (exact) mass is 219 g/mol. The van der Waals surface area contributed by atoms with Crippen LogP contribution in [-0.2, 0) is 0 Å². The summed E-state index contributed by atoms with van der Waals surface area (Å²) in [5.74, 6) is 0.721. The Bertz CT molecular complexity index is 580. The maximum Gasteiger partial charge on any atom is 0.364 e. The van der Waals surface area contributed by atoms with E-state index in [0.29, 0.717) is 5.65 Å². The molecule has 3 rings (SSSR count). The van der Waals surface area contributed by atoms with Gasteiger partial charge in [-0.15, -0.1) is 5.10 Å². The molecule has 0 aliphatic heterocycles. The fraction of sp³-hybridized carbons (Fsp3) is 0.500. The predicted octanol–water partition coefficient (Wildman–Crippen LogP) is 0.772. The molecule has 1 aliphatic carbocycles. The molecular formula is C10H13N5O. The first-order valence-corrected chi connectivity index (χ1v) is 5.39. The lowest BCUT2D eigenvalue weighted by Gasteiger charge is -2.39. The molecule has 1 fully saturated rings. The molecule has 0 aromatic carbocycles. The van der Waals surface area contributed by atoms with Crippen LogP contribution in [0.25, 0.3) is 5.65 Å². The maximum atomic E-state index is 11.3. The fourth-order valence-electron chi connectivity index (χ4n) is 2.01. The molecule has 1 saturated carbocycles. The Morgan fingerprint density at radius 3 is 3.00 bits per heavy atom. The highest BCUT2D eigenvalue weighted by Crippen LogP contribution is 2.33. The third-order valence-electron chi connectivity index (χ3n) is 3.16. The van der Waals surface area contributed by atoms with Crippen molar-refractivity contribution in [3.63, 3.8) is 0 Å². The van der Waals surface area contributed by atoms with Crippen molar-refractivity contribution in [1.29, 1.82) is 0 Å². The van der Waals surface area contributed by atoms with E-state index in [1.807, 2.05) is 6.07 Å². The average Bonchev–Trinajstić information content (AvgIpc) is 2.58. The van der Waals surface area contributed by atoms with Gasteiger partial charge in [-0.25, -0.2) is 9.89 Å². The lowest BCUT2D eigenvalue weighted by atomic mass is 9.78. The molecule has 1 aliphatic rings. The maximum absolute atomic E-state index is 11.3. The van der Waals surface area contributed by atoms with Crippen molar-refractivity contribution in [2.24, 2.45) is 0 Å². The Hall–Kier alpha value is -1.85. The second-order valence-electron chi connectivity index (χ2n) is 4.56. The normalized spacial score (nSPS) is 18.3. The molecule has 0 amide bonds. The topological polar surface area (TPSA) is 75.1 Å². The molecule has 0 bridgehead atoms. The van der Waals surface area contributed by atoms with Gasteiger partial charge < -0.3 is 5.32 Å². The van der Waals surface area contributed by atoms with Crippen molar-refractivity contribution in [2.45, 2.75) is 31.7 Å². The van der Waals surface area contributed by atoms with Crippen molar-refractivity contribution >= 4 is 11.5 Å². The number of hydrogen-bond donors (Lipinski definition) is 2. The molecule has 2 aromatic rings. The van der Waals surface area contributed by atoms with E-state index >= 15 is 0 Å². The lowest BCUT2D eigenvalue weighted by molar-refractivity contribution is 0.305. The zero-order valence-electron chi connectivity index (χ0n) is 9.03. The zero-order valence-corrected chi connectivity index (χ0v) is 9.03. The molecule has 6 nitrogen and oxygen atoms in total. The van der Waals surface area contributed by atoms with Crippen LogP contribution in [0.15, 0.2) is 16.9 Å². The van der Waals surface area contributed by atoms with Crippen LogP contribution < -0.4 is 11.0 Å². The summed E-state index contributed by atoms with van der Waals surface area (Å²) in [7, 11) is 0. The number of aromatic nitrogens is 4. The van der Waals surface area contributed by atoms with Gasteiger partial charge in [0.2, 0.25) is 0 Å². The lowest BCUT2D eigenvalue weighted by Crippen LogP contribution is -2.42. The largest absolute Gasteiger partial charge is 0.364 e. The summed E-state index contributed by atoms with van der Waals surface area (Å²) in [6.45, 7) is 2.17. The van der Waals surface area contributed by atoms with Crippen LogP contribution >= 0.6 is 0 Å². The minimum atomic E-state index is -0.308. The van der Waals surface area contributed by atoms with E-state index in [0.717, 1.165) is 18.7 Å². The van der Waals surface area contributed by atoms with Gasteiger partial charge in [-0.2, -0.15) is 9.61 Å². The van der Waals surface area contributed by atoms with Gasteiger partial charge in [-0.05, 0) is 38.3 Å². The van der Waals surface area contributed by atoms with Gasteiger partial charge >= 0.3 is 5.69 Å². The summed E-state index contributed by atoms with van der Waals surface area (Å²) < 4.78 is 1.27. The first-order chi connectivity index (χ1) is 7.66. The van der Waals surface area contributed by atoms with Crippen LogP contribution in [0.5, 0.6) is 0 Å². The summed E-state index contributed by atoms with van der Waals surface area (Å²) in [5.41, 5.74) is 0.361. The molecule has 84 valence electrons. The molecule has 0 radical (unpaired) electrons. The van der Waals surface area contributed by atoms with Crippen LogP contribution in [0.3, 0.4) is 0 Å². The molecule has 2 aromatic heterocycles. The SMILES string of the molecule is CC1(Nc2ccc3n[nH]c(=O)n3n2)CCC1. The van der Waals surface area contributed by atoms with Crippen LogP contribution in [0, 0.1) is 0 Å². The fourth-order valence-corrected chi connectivity index (χ4v) is 2.01. The molecule has 0 atom stereocenters. The minimum absolute atomic E-state index is 0.133. The van der Waals surface area contributed by atoms with E-state index in [2.05, 4.69) is 27.5 Å². The molecule has 2 heterocycles. The van der Waals surface area contributed by atoms with Crippen molar-refractivity contribution < 1.29 is 0 Å². The molecule has 16 heavy (non-hydrogen) atoms. The summed E-state index contributed by atoms with van der Waals surface area (Å²) in [4.78, 5) is 11.3. The Kier molecular flexibility index (Phi) is 1.80. The van der Waals surface area contributed by atoms with Crippen LogP contribution in [0.2, 0.25) is 0 Å². The van der Waals surface area contributed by atoms with Gasteiger partial charge in [0, 0.05) is 5.54 Å². The van der Waals surface area contributed by atoms with E-state index < -0.39 is 0 Å². The molecule has 0 saturated heterocycles. The van der Waals surface area contributed by atoms with Crippen LogP contribution in [-0.4, -0.2) is 25.4 Å². The second-order valence-corrected chi connectivity index (χ2v) is 4.56. The van der Waals surface area contributed by atoms with E-state index in [9.17, 15) is 4.79 Å². The van der Waals surface area contributed by atoms with Crippen molar-refractivity contribution in [3.05, 3.63) is 22.6 Å². The summed E-state index contributed by atoms with van der Waals surface area (Å²) in [5, 5.41) is 13.7. The first-order valence-electron chi connectivity index (χ1n) is 5.39. The van der Waals surface area contributed by atoms with Gasteiger partial charge in [0.15, 0.2) is 5.65 Å². The Morgan fingerprint density at radius 2 is 2.31 bits per heavy atom. The smallest absolute Gasteiger partial charge is 0.363 e. The van der Waals surface area contributed by atoms with Crippen molar-refractivity contribution in [1.82, 2.24) is 19.8 Å². The van der Waals surface area contributed by atoms with Gasteiger partial charge in [0.1, 0.15) is 5.82 Å². The van der Waals surface area contributed by atoms with E-state index in [1.54, 1.807) is 6.07 Å². The van der Waals surface area contributed by atoms with Gasteiger partial charge in [-0.1, -0.05) is 0 Å². The number of nitrogens with one attached hydrogen (secondary N) is 2. The number of aromatic amines is 1. The average molecular weight is 219 g/mol. The molecule has 2 N–H and O–H groups in total. The van der Waals surface area contributed by atoms with Crippen LogP contribution in [0.4, 0.5) is 5.82 Å². The Morgan fingerprint density at radius 1 is 1.50 bits per heavy atom. The molecular weight excluding hydrogens is 206 g/mol. The predicted molar refractivity (Wildman–Crippen MR) is 59.5 cm³/mol. The number of H-pyrrole nitrogens is 1. The van der Waals surface area contributed by atoms with E-state index in [-0.39, 0.29) is 11.2 Å². The number of hydrogen-bond acceptors (Lipinski definition) is 4. The number of anilines is 1. The standard InChI is InChI=1S/C10H13N5O/c1-10(5-2-6-10)11-7-3-4-8-12-13-9(16)15(8)14-7/h3-4H,2,5-6H2,1H3,(H,11,14)(H,13,16). The van der Waals surface area contributed by atoms with Crippen molar-refractivity contribution in [2.75, 3.05) is 5.32 Å². The Labute approximate surface area is 91.7 Å². The summed E-state index contributed by atoms with van der Waals surface area (Å²) in [6, 6.07) is 3.62. The third kappa shape index (κ3) is 1.37. The van der Waals surface area contributed by atoms with Gasteiger partial charge in [0.05, 0.1) is 0 Å². The highest BCUT2D eigenvalue weighted by atomic mass is 16.2. The summed E-state index contributed by atoms with van der Waals surface area (Å²) in [6.07, 6.45) is 3.54. The molecule has 0 spiro atoms. The van der Waals surface area contributed by atoms with Crippen molar-refractivity contribution in [3.8, 4) is 0 Å². The van der Waals surface area contributed by atoms with Gasteiger partial charge in [0.25, 0.3) is 0 Å². The highest BCUT2D eigenvalue weighted by Gasteiger charge is 2.31. The van der Waals surface area contributed by atoms with E-state index in [4.69, 9.17) is 0 Å². The Balaban J connectivity index is 1.98. The zero-order chi connectivity index (χ0) is 11.2. The summed E-state index contributed by atoms with van der Waals surface area (Å²) >= 11 is 0.